The third kappa shape index (κ3) is 4.99. The third-order valence-corrected chi connectivity index (χ3v) is 1.96. The van der Waals surface area contributed by atoms with Gasteiger partial charge in [-0.2, -0.15) is 0 Å². The molecule has 0 amide bonds. The van der Waals surface area contributed by atoms with Gasteiger partial charge in [0.15, 0.2) is 0 Å². The minimum Gasteiger partial charge on any atom is -0.380 e. The quantitative estimate of drug-likeness (QED) is 0.629. The smallest absolute Gasteiger partial charge is 0.0945 e. The summed E-state index contributed by atoms with van der Waals surface area (Å²) in [5.41, 5.74) is 0. The number of hydrogen-bond donors (Lipinski definition) is 1. The first kappa shape index (κ1) is 11.2. The highest BCUT2D eigenvalue weighted by atomic mass is 16.5. The zero-order chi connectivity index (χ0) is 10.1. The number of aromatic nitrogens is 2. The van der Waals surface area contributed by atoms with E-state index in [1.54, 1.807) is 0 Å². The van der Waals surface area contributed by atoms with Crippen molar-refractivity contribution in [2.75, 3.05) is 26.3 Å². The van der Waals surface area contributed by atoms with Crippen LogP contribution in [-0.2, 0) is 11.3 Å². The SMILES string of the molecule is CCOCCNCCCn1ccnc1. The number of hydrogen-bond acceptors (Lipinski definition) is 3. The van der Waals surface area contributed by atoms with Crippen molar-refractivity contribution in [1.29, 1.82) is 0 Å². The lowest BCUT2D eigenvalue weighted by molar-refractivity contribution is 0.149. The summed E-state index contributed by atoms with van der Waals surface area (Å²) in [5.74, 6) is 0. The number of nitrogens with one attached hydrogen (secondary N) is 1. The Bertz CT molecular complexity index is 211. The first-order valence-electron chi connectivity index (χ1n) is 5.17. The van der Waals surface area contributed by atoms with Crippen LogP contribution in [0.25, 0.3) is 0 Å². The topological polar surface area (TPSA) is 39.1 Å². The number of rotatable bonds is 8. The molecule has 0 fully saturated rings. The Morgan fingerprint density at radius 3 is 3.07 bits per heavy atom. The summed E-state index contributed by atoms with van der Waals surface area (Å²) >= 11 is 0. The second-order valence-corrected chi connectivity index (χ2v) is 3.10. The average molecular weight is 197 g/mol. The molecule has 80 valence electrons. The molecule has 0 unspecified atom stereocenters. The lowest BCUT2D eigenvalue weighted by atomic mass is 10.4. The minimum atomic E-state index is 0.802. The highest BCUT2D eigenvalue weighted by Gasteiger charge is 1.90. The summed E-state index contributed by atoms with van der Waals surface area (Å²) in [6.45, 7) is 6.63. The molecule has 0 bridgehead atoms. The molecule has 0 saturated heterocycles. The van der Waals surface area contributed by atoms with E-state index >= 15 is 0 Å². The zero-order valence-electron chi connectivity index (χ0n) is 8.78. The molecule has 0 aliphatic carbocycles. The van der Waals surface area contributed by atoms with Crippen LogP contribution in [0.4, 0.5) is 0 Å². The Kier molecular flexibility index (Phi) is 6.02. The van der Waals surface area contributed by atoms with Gasteiger partial charge in [0.2, 0.25) is 0 Å². The van der Waals surface area contributed by atoms with E-state index < -0.39 is 0 Å². The van der Waals surface area contributed by atoms with Crippen molar-refractivity contribution in [3.8, 4) is 0 Å². The fourth-order valence-corrected chi connectivity index (χ4v) is 1.22. The highest BCUT2D eigenvalue weighted by Crippen LogP contribution is 1.88. The van der Waals surface area contributed by atoms with Crippen LogP contribution in [0.1, 0.15) is 13.3 Å². The summed E-state index contributed by atoms with van der Waals surface area (Å²) in [7, 11) is 0. The molecule has 14 heavy (non-hydrogen) atoms. The van der Waals surface area contributed by atoms with Crippen LogP contribution >= 0.6 is 0 Å². The van der Waals surface area contributed by atoms with Gasteiger partial charge < -0.3 is 14.6 Å². The fraction of sp³-hybridized carbons (Fsp3) is 0.700. The van der Waals surface area contributed by atoms with Gasteiger partial charge in [0, 0.05) is 32.1 Å². The molecule has 0 spiro atoms. The van der Waals surface area contributed by atoms with Gasteiger partial charge in [-0.3, -0.25) is 0 Å². The van der Waals surface area contributed by atoms with E-state index in [0.29, 0.717) is 0 Å². The van der Waals surface area contributed by atoms with Crippen LogP contribution in [0.15, 0.2) is 18.7 Å². The van der Waals surface area contributed by atoms with E-state index in [4.69, 9.17) is 4.74 Å². The monoisotopic (exact) mass is 197 g/mol. The third-order valence-electron chi connectivity index (χ3n) is 1.96. The normalized spacial score (nSPS) is 10.6. The van der Waals surface area contributed by atoms with Crippen LogP contribution in [0.5, 0.6) is 0 Å². The van der Waals surface area contributed by atoms with Crippen molar-refractivity contribution in [2.24, 2.45) is 0 Å². The van der Waals surface area contributed by atoms with Crippen LogP contribution in [0.2, 0.25) is 0 Å². The molecule has 4 nitrogen and oxygen atoms in total. The Balaban J connectivity index is 1.85. The second kappa shape index (κ2) is 7.53. The molecule has 4 heteroatoms. The van der Waals surface area contributed by atoms with Crippen molar-refractivity contribution >= 4 is 0 Å². The van der Waals surface area contributed by atoms with Gasteiger partial charge in [-0.15, -0.1) is 0 Å². The van der Waals surface area contributed by atoms with Crippen molar-refractivity contribution in [1.82, 2.24) is 14.9 Å². The molecule has 1 aromatic rings. The molecule has 1 N–H and O–H groups in total. The van der Waals surface area contributed by atoms with Crippen molar-refractivity contribution in [3.63, 3.8) is 0 Å². The number of imidazole rings is 1. The van der Waals surface area contributed by atoms with Gasteiger partial charge in [-0.05, 0) is 19.9 Å². The van der Waals surface area contributed by atoms with Crippen molar-refractivity contribution in [2.45, 2.75) is 19.9 Å². The molecule has 0 atom stereocenters. The predicted molar refractivity (Wildman–Crippen MR) is 56.2 cm³/mol. The number of aryl methyl sites for hydroxylation is 1. The van der Waals surface area contributed by atoms with E-state index in [-0.39, 0.29) is 0 Å². The molecule has 0 radical (unpaired) electrons. The van der Waals surface area contributed by atoms with E-state index in [1.807, 2.05) is 25.6 Å². The standard InChI is InChI=1S/C10H19N3O/c1-2-14-9-6-11-4-3-7-13-8-5-12-10-13/h5,8,10-11H,2-4,6-7,9H2,1H3. The number of nitrogens with zero attached hydrogens (tertiary/aromatic N) is 2. The molecule has 0 saturated carbocycles. The van der Waals surface area contributed by atoms with Crippen LogP contribution in [-0.4, -0.2) is 35.9 Å². The lowest BCUT2D eigenvalue weighted by Crippen LogP contribution is -2.21. The van der Waals surface area contributed by atoms with Gasteiger partial charge in [0.1, 0.15) is 0 Å². The predicted octanol–water partition coefficient (Wildman–Crippen LogP) is 0.899. The summed E-state index contributed by atoms with van der Waals surface area (Å²) < 4.78 is 7.30. The average Bonchev–Trinajstić information content (AvgIpc) is 2.69. The first-order chi connectivity index (χ1) is 6.93. The maximum atomic E-state index is 5.21. The van der Waals surface area contributed by atoms with Gasteiger partial charge in [0.05, 0.1) is 12.9 Å². The molecule has 0 aromatic carbocycles. The van der Waals surface area contributed by atoms with Crippen LogP contribution in [0.3, 0.4) is 0 Å². The van der Waals surface area contributed by atoms with Crippen LogP contribution < -0.4 is 5.32 Å². The highest BCUT2D eigenvalue weighted by molar-refractivity contribution is 4.73. The summed E-state index contributed by atoms with van der Waals surface area (Å²) in [5, 5.41) is 3.32. The molecule has 0 aliphatic rings. The zero-order valence-corrected chi connectivity index (χ0v) is 8.78. The Labute approximate surface area is 85.3 Å². The Hall–Kier alpha value is -0.870. The molecular formula is C10H19N3O. The molecule has 1 aromatic heterocycles. The Morgan fingerprint density at radius 2 is 2.36 bits per heavy atom. The second-order valence-electron chi connectivity index (χ2n) is 3.10. The molecule has 1 rings (SSSR count). The Morgan fingerprint density at radius 1 is 1.43 bits per heavy atom. The van der Waals surface area contributed by atoms with Gasteiger partial charge in [0.25, 0.3) is 0 Å². The van der Waals surface area contributed by atoms with Gasteiger partial charge in [-0.25, -0.2) is 4.98 Å². The molecular weight excluding hydrogens is 178 g/mol. The lowest BCUT2D eigenvalue weighted by Gasteiger charge is -2.05. The van der Waals surface area contributed by atoms with Crippen molar-refractivity contribution in [3.05, 3.63) is 18.7 Å². The van der Waals surface area contributed by atoms with Gasteiger partial charge >= 0.3 is 0 Å². The van der Waals surface area contributed by atoms with E-state index in [9.17, 15) is 0 Å². The van der Waals surface area contributed by atoms with Gasteiger partial charge in [-0.1, -0.05) is 0 Å². The molecule has 1 heterocycles. The largest absolute Gasteiger partial charge is 0.380 e. The molecule has 0 aliphatic heterocycles. The fourth-order valence-electron chi connectivity index (χ4n) is 1.22. The minimum absolute atomic E-state index is 0.802. The van der Waals surface area contributed by atoms with Crippen molar-refractivity contribution < 1.29 is 4.74 Å². The maximum Gasteiger partial charge on any atom is 0.0945 e. The maximum absolute atomic E-state index is 5.21. The van der Waals surface area contributed by atoms with E-state index in [0.717, 1.165) is 39.3 Å². The summed E-state index contributed by atoms with van der Waals surface area (Å²) in [4.78, 5) is 3.98. The van der Waals surface area contributed by atoms with E-state index in [1.165, 1.54) is 0 Å². The summed E-state index contributed by atoms with van der Waals surface area (Å²) in [6, 6.07) is 0. The van der Waals surface area contributed by atoms with Crippen LogP contribution in [0, 0.1) is 0 Å². The number of ether oxygens (including phenoxy) is 1. The summed E-state index contributed by atoms with van der Waals surface area (Å²) in [6.07, 6.45) is 6.77. The van der Waals surface area contributed by atoms with E-state index in [2.05, 4.69) is 14.9 Å². The first-order valence-corrected chi connectivity index (χ1v) is 5.17.